The maximum atomic E-state index is 12.5. The first-order chi connectivity index (χ1) is 9.52. The van der Waals surface area contributed by atoms with Crippen molar-refractivity contribution in [1.29, 1.82) is 0 Å². The number of hydrogen-bond donors (Lipinski definition) is 1. The van der Waals surface area contributed by atoms with E-state index in [9.17, 15) is 14.7 Å². The lowest BCUT2D eigenvalue weighted by Gasteiger charge is -2.31. The fourth-order valence-electron chi connectivity index (χ4n) is 2.05. The van der Waals surface area contributed by atoms with Gasteiger partial charge in [0.1, 0.15) is 6.04 Å². The van der Waals surface area contributed by atoms with Crippen LogP contribution in [0.5, 0.6) is 0 Å². The van der Waals surface area contributed by atoms with Gasteiger partial charge in [0.25, 0.3) is 5.91 Å². The molecular weight excluding hydrogens is 254 g/mol. The molecule has 1 amide bonds. The first kappa shape index (κ1) is 15.8. The van der Waals surface area contributed by atoms with E-state index < -0.39 is 12.0 Å². The second-order valence-corrected chi connectivity index (χ2v) is 4.67. The predicted molar refractivity (Wildman–Crippen MR) is 77.2 cm³/mol. The molecule has 106 valence electrons. The van der Waals surface area contributed by atoms with Crippen LogP contribution < -0.4 is 0 Å². The zero-order valence-corrected chi connectivity index (χ0v) is 11.7. The van der Waals surface area contributed by atoms with Gasteiger partial charge < -0.3 is 10.0 Å². The molecule has 0 radical (unpaired) electrons. The Labute approximate surface area is 119 Å². The van der Waals surface area contributed by atoms with Gasteiger partial charge in [0.15, 0.2) is 0 Å². The highest BCUT2D eigenvalue weighted by molar-refractivity contribution is 5.96. The van der Waals surface area contributed by atoms with E-state index in [2.05, 4.69) is 5.92 Å². The Morgan fingerprint density at radius 3 is 2.40 bits per heavy atom. The summed E-state index contributed by atoms with van der Waals surface area (Å²) in [6.45, 7) is 3.68. The molecule has 1 aromatic carbocycles. The zero-order chi connectivity index (χ0) is 15.1. The molecule has 1 aromatic rings. The van der Waals surface area contributed by atoms with Gasteiger partial charge in [-0.2, -0.15) is 0 Å². The predicted octanol–water partition coefficient (Wildman–Crippen LogP) is 2.26. The van der Waals surface area contributed by atoms with Crippen LogP contribution in [-0.4, -0.2) is 34.5 Å². The van der Waals surface area contributed by atoms with Gasteiger partial charge in [0.05, 0.1) is 6.54 Å². The number of aliphatic carboxylic acids is 1. The lowest BCUT2D eigenvalue weighted by Crippen LogP contribution is -2.48. The van der Waals surface area contributed by atoms with Gasteiger partial charge >= 0.3 is 5.97 Å². The summed E-state index contributed by atoms with van der Waals surface area (Å²) >= 11 is 0. The summed E-state index contributed by atoms with van der Waals surface area (Å²) in [4.78, 5) is 25.2. The van der Waals surface area contributed by atoms with Gasteiger partial charge in [-0.15, -0.1) is 6.42 Å². The Bertz CT molecular complexity index is 504. The number of amides is 1. The quantitative estimate of drug-likeness (QED) is 0.809. The molecule has 0 saturated heterocycles. The highest BCUT2D eigenvalue weighted by atomic mass is 16.4. The number of benzene rings is 1. The van der Waals surface area contributed by atoms with Gasteiger partial charge in [0, 0.05) is 5.56 Å². The number of terminal acetylenes is 1. The first-order valence-corrected chi connectivity index (χ1v) is 6.55. The zero-order valence-electron chi connectivity index (χ0n) is 11.7. The summed E-state index contributed by atoms with van der Waals surface area (Å²) in [5, 5.41) is 9.41. The van der Waals surface area contributed by atoms with Crippen LogP contribution in [0.1, 0.15) is 30.6 Å². The second kappa shape index (κ2) is 7.34. The standard InChI is InChI=1S/C16H19NO3/c1-4-11-17(14(16(19)20)12(3)5-2)15(18)13-9-7-6-8-10-13/h1,6-10,12,14H,5,11H2,2-3H3,(H,19,20). The SMILES string of the molecule is C#CCN(C(=O)c1ccccc1)C(C(=O)O)C(C)CC. The summed E-state index contributed by atoms with van der Waals surface area (Å²) in [7, 11) is 0. The molecule has 0 aliphatic rings. The Morgan fingerprint density at radius 2 is 1.95 bits per heavy atom. The lowest BCUT2D eigenvalue weighted by atomic mass is 9.97. The fraction of sp³-hybridized carbons (Fsp3) is 0.375. The number of carbonyl (C=O) groups is 2. The Morgan fingerprint density at radius 1 is 1.35 bits per heavy atom. The summed E-state index contributed by atoms with van der Waals surface area (Å²) in [5.74, 6) is 0.822. The third-order valence-corrected chi connectivity index (χ3v) is 3.31. The van der Waals surface area contributed by atoms with Crippen molar-refractivity contribution < 1.29 is 14.7 Å². The van der Waals surface area contributed by atoms with Crippen LogP contribution in [0.2, 0.25) is 0 Å². The van der Waals surface area contributed by atoms with Crippen molar-refractivity contribution in [2.75, 3.05) is 6.54 Å². The highest BCUT2D eigenvalue weighted by Gasteiger charge is 2.33. The monoisotopic (exact) mass is 273 g/mol. The molecule has 1 rings (SSSR count). The average Bonchev–Trinajstić information content (AvgIpc) is 2.46. The van der Waals surface area contributed by atoms with Gasteiger partial charge in [-0.05, 0) is 18.1 Å². The van der Waals surface area contributed by atoms with Crippen molar-refractivity contribution in [2.24, 2.45) is 5.92 Å². The number of carboxylic acid groups (broad SMARTS) is 1. The molecule has 4 nitrogen and oxygen atoms in total. The lowest BCUT2D eigenvalue weighted by molar-refractivity contribution is -0.144. The largest absolute Gasteiger partial charge is 0.480 e. The van der Waals surface area contributed by atoms with Crippen LogP contribution in [0.15, 0.2) is 30.3 Å². The normalized spacial score (nSPS) is 13.1. The Balaban J connectivity index is 3.12. The van der Waals surface area contributed by atoms with E-state index in [4.69, 9.17) is 6.42 Å². The van der Waals surface area contributed by atoms with Crippen LogP contribution in [0.25, 0.3) is 0 Å². The number of hydrogen-bond acceptors (Lipinski definition) is 2. The van der Waals surface area contributed by atoms with Crippen LogP contribution in [0.3, 0.4) is 0 Å². The minimum absolute atomic E-state index is 0.0188. The van der Waals surface area contributed by atoms with E-state index in [1.165, 1.54) is 4.90 Å². The number of nitrogens with zero attached hydrogens (tertiary/aromatic N) is 1. The molecule has 0 fully saturated rings. The summed E-state index contributed by atoms with van der Waals surface area (Å²) in [6.07, 6.45) is 5.94. The van der Waals surface area contributed by atoms with Crippen LogP contribution >= 0.6 is 0 Å². The molecule has 0 aliphatic carbocycles. The fourth-order valence-corrected chi connectivity index (χ4v) is 2.05. The minimum Gasteiger partial charge on any atom is -0.480 e. The van der Waals surface area contributed by atoms with E-state index in [1.54, 1.807) is 37.3 Å². The van der Waals surface area contributed by atoms with E-state index >= 15 is 0 Å². The van der Waals surface area contributed by atoms with Crippen molar-refractivity contribution in [3.8, 4) is 12.3 Å². The Hall–Kier alpha value is -2.28. The summed E-state index contributed by atoms with van der Waals surface area (Å²) < 4.78 is 0. The van der Waals surface area contributed by atoms with Gasteiger partial charge in [0.2, 0.25) is 0 Å². The van der Waals surface area contributed by atoms with Crippen molar-refractivity contribution in [2.45, 2.75) is 26.3 Å². The van der Waals surface area contributed by atoms with Gasteiger partial charge in [-0.25, -0.2) is 4.79 Å². The highest BCUT2D eigenvalue weighted by Crippen LogP contribution is 2.18. The van der Waals surface area contributed by atoms with E-state index in [0.717, 1.165) is 0 Å². The van der Waals surface area contributed by atoms with Crippen molar-refractivity contribution in [3.63, 3.8) is 0 Å². The molecule has 0 aliphatic heterocycles. The van der Waals surface area contributed by atoms with Crippen molar-refractivity contribution >= 4 is 11.9 Å². The molecule has 4 heteroatoms. The third kappa shape index (κ3) is 3.61. The molecule has 1 N–H and O–H groups in total. The molecular formula is C16H19NO3. The molecule has 0 bridgehead atoms. The maximum Gasteiger partial charge on any atom is 0.326 e. The molecule has 20 heavy (non-hydrogen) atoms. The third-order valence-electron chi connectivity index (χ3n) is 3.31. The molecule has 2 atom stereocenters. The van der Waals surface area contributed by atoms with Crippen molar-refractivity contribution in [1.82, 2.24) is 4.90 Å². The number of carbonyl (C=O) groups excluding carboxylic acids is 1. The number of rotatable bonds is 6. The second-order valence-electron chi connectivity index (χ2n) is 4.67. The molecule has 0 saturated carbocycles. The molecule has 0 aromatic heterocycles. The topological polar surface area (TPSA) is 57.6 Å². The maximum absolute atomic E-state index is 12.5. The van der Waals surface area contributed by atoms with E-state index in [-0.39, 0.29) is 18.4 Å². The molecule has 2 unspecified atom stereocenters. The van der Waals surface area contributed by atoms with E-state index in [1.807, 2.05) is 6.92 Å². The van der Waals surface area contributed by atoms with Crippen molar-refractivity contribution in [3.05, 3.63) is 35.9 Å². The minimum atomic E-state index is -1.03. The summed E-state index contributed by atoms with van der Waals surface area (Å²) in [6, 6.07) is 7.67. The number of carboxylic acids is 1. The Kier molecular flexibility index (Phi) is 5.79. The van der Waals surface area contributed by atoms with E-state index in [0.29, 0.717) is 12.0 Å². The molecule has 0 spiro atoms. The van der Waals surface area contributed by atoms with Crippen LogP contribution in [-0.2, 0) is 4.79 Å². The van der Waals surface area contributed by atoms with Gasteiger partial charge in [-0.3, -0.25) is 4.79 Å². The van der Waals surface area contributed by atoms with Crippen LogP contribution in [0.4, 0.5) is 0 Å². The average molecular weight is 273 g/mol. The smallest absolute Gasteiger partial charge is 0.326 e. The van der Waals surface area contributed by atoms with Gasteiger partial charge in [-0.1, -0.05) is 44.4 Å². The molecule has 0 heterocycles. The summed E-state index contributed by atoms with van der Waals surface area (Å²) in [5.41, 5.74) is 0.442. The van der Waals surface area contributed by atoms with Crippen LogP contribution in [0, 0.1) is 18.3 Å². The first-order valence-electron chi connectivity index (χ1n) is 6.55.